The number of ether oxygens (including phenoxy) is 2. The molecule has 0 aliphatic carbocycles. The summed E-state index contributed by atoms with van der Waals surface area (Å²) in [7, 11) is 1.24. The van der Waals surface area contributed by atoms with Crippen molar-refractivity contribution < 1.29 is 28.3 Å². The number of oxazole rings is 1. The van der Waals surface area contributed by atoms with Gasteiger partial charge in [0.25, 0.3) is 5.91 Å². The first-order valence-electron chi connectivity index (χ1n) is 8.93. The van der Waals surface area contributed by atoms with E-state index in [0.717, 1.165) is 0 Å². The summed E-state index contributed by atoms with van der Waals surface area (Å²) in [5, 5.41) is 2.50. The fraction of sp³-hybridized carbons (Fsp3) is 0.474. The van der Waals surface area contributed by atoms with E-state index in [1.54, 1.807) is 24.3 Å². The first kappa shape index (κ1) is 21.2. The number of amides is 1. The molecule has 0 saturated heterocycles. The zero-order valence-corrected chi connectivity index (χ0v) is 16.1. The van der Waals surface area contributed by atoms with Gasteiger partial charge >= 0.3 is 17.7 Å². The molecule has 1 heterocycles. The van der Waals surface area contributed by atoms with Crippen molar-refractivity contribution >= 4 is 28.9 Å². The van der Waals surface area contributed by atoms with E-state index in [0.29, 0.717) is 17.5 Å². The van der Waals surface area contributed by atoms with Gasteiger partial charge < -0.3 is 19.2 Å². The Morgan fingerprint density at radius 1 is 1.21 bits per heavy atom. The standard InChI is InChI=1S/C19H24N2O7/c1-12(2)10-13(18(24)26-3)20-16(22)11-27-17(23)8-9-21-14-6-4-5-7-15(14)28-19(21)25/h4-7,12-13H,8-11H2,1-3H3,(H,20,22)/t13-/m1/s1. The third-order valence-electron chi connectivity index (χ3n) is 4.01. The first-order valence-corrected chi connectivity index (χ1v) is 8.93. The van der Waals surface area contributed by atoms with E-state index in [4.69, 9.17) is 9.15 Å². The van der Waals surface area contributed by atoms with Crippen LogP contribution in [0.25, 0.3) is 11.1 Å². The number of rotatable bonds is 9. The molecular weight excluding hydrogens is 368 g/mol. The van der Waals surface area contributed by atoms with Crippen LogP contribution in [0.15, 0.2) is 33.5 Å². The molecule has 1 aromatic heterocycles. The molecule has 1 amide bonds. The lowest BCUT2D eigenvalue weighted by Gasteiger charge is -2.18. The molecule has 0 unspecified atom stereocenters. The molecule has 28 heavy (non-hydrogen) atoms. The lowest BCUT2D eigenvalue weighted by molar-refractivity contribution is -0.150. The van der Waals surface area contributed by atoms with Crippen molar-refractivity contribution in [2.75, 3.05) is 13.7 Å². The van der Waals surface area contributed by atoms with Crippen molar-refractivity contribution in [2.45, 2.75) is 39.3 Å². The van der Waals surface area contributed by atoms with Crippen molar-refractivity contribution in [1.82, 2.24) is 9.88 Å². The predicted molar refractivity (Wildman–Crippen MR) is 99.5 cm³/mol. The minimum absolute atomic E-state index is 0.0639. The number of carbonyl (C=O) groups is 3. The first-order chi connectivity index (χ1) is 13.3. The Bertz CT molecular complexity index is 897. The monoisotopic (exact) mass is 392 g/mol. The molecule has 152 valence electrons. The maximum Gasteiger partial charge on any atom is 0.419 e. The van der Waals surface area contributed by atoms with Crippen LogP contribution in [0.4, 0.5) is 0 Å². The number of nitrogens with zero attached hydrogens (tertiary/aromatic N) is 1. The van der Waals surface area contributed by atoms with Crippen LogP contribution in [0.5, 0.6) is 0 Å². The quantitative estimate of drug-likeness (QED) is 0.638. The zero-order chi connectivity index (χ0) is 20.7. The van der Waals surface area contributed by atoms with Gasteiger partial charge in [-0.05, 0) is 24.5 Å². The topological polar surface area (TPSA) is 117 Å². The van der Waals surface area contributed by atoms with Crippen LogP contribution in [0.2, 0.25) is 0 Å². The third kappa shape index (κ3) is 5.70. The van der Waals surface area contributed by atoms with E-state index < -0.39 is 36.3 Å². The van der Waals surface area contributed by atoms with Crippen LogP contribution in [0.3, 0.4) is 0 Å². The van der Waals surface area contributed by atoms with E-state index >= 15 is 0 Å². The van der Waals surface area contributed by atoms with Gasteiger partial charge in [-0.2, -0.15) is 0 Å². The van der Waals surface area contributed by atoms with Crippen molar-refractivity contribution in [2.24, 2.45) is 5.92 Å². The van der Waals surface area contributed by atoms with Crippen LogP contribution in [-0.2, 0) is 30.4 Å². The van der Waals surface area contributed by atoms with Crippen molar-refractivity contribution in [3.63, 3.8) is 0 Å². The largest absolute Gasteiger partial charge is 0.467 e. The molecule has 1 atom stereocenters. The van der Waals surface area contributed by atoms with Crippen molar-refractivity contribution in [1.29, 1.82) is 0 Å². The Kier molecular flexibility index (Phi) is 7.36. The lowest BCUT2D eigenvalue weighted by Crippen LogP contribution is -2.44. The number of methoxy groups -OCH3 is 1. The van der Waals surface area contributed by atoms with Gasteiger partial charge in [-0.3, -0.25) is 14.2 Å². The Labute approximate surface area is 161 Å². The minimum atomic E-state index is -0.799. The van der Waals surface area contributed by atoms with E-state index in [1.807, 2.05) is 13.8 Å². The number of hydrogen-bond donors (Lipinski definition) is 1. The summed E-state index contributed by atoms with van der Waals surface area (Å²) in [5.74, 6) is -2.21. The molecule has 0 aliphatic heterocycles. The Morgan fingerprint density at radius 2 is 1.93 bits per heavy atom. The van der Waals surface area contributed by atoms with Gasteiger partial charge in [0.1, 0.15) is 6.04 Å². The second kappa shape index (κ2) is 9.72. The van der Waals surface area contributed by atoms with Gasteiger partial charge in [0.2, 0.25) is 0 Å². The van der Waals surface area contributed by atoms with Crippen molar-refractivity contribution in [3.8, 4) is 0 Å². The van der Waals surface area contributed by atoms with Crippen LogP contribution in [0, 0.1) is 5.92 Å². The maximum atomic E-state index is 12.0. The molecule has 0 radical (unpaired) electrons. The zero-order valence-electron chi connectivity index (χ0n) is 16.1. The number of aromatic nitrogens is 1. The molecule has 0 fully saturated rings. The van der Waals surface area contributed by atoms with Crippen LogP contribution in [-0.4, -0.2) is 42.2 Å². The normalized spacial score (nSPS) is 12.0. The highest BCUT2D eigenvalue weighted by Crippen LogP contribution is 2.12. The Balaban J connectivity index is 1.84. The summed E-state index contributed by atoms with van der Waals surface area (Å²) in [6.07, 6.45) is 0.298. The van der Waals surface area contributed by atoms with Crippen LogP contribution in [0.1, 0.15) is 26.7 Å². The van der Waals surface area contributed by atoms with Gasteiger partial charge in [0.05, 0.1) is 19.0 Å². The number of hydrogen-bond acceptors (Lipinski definition) is 7. The smallest absolute Gasteiger partial charge is 0.419 e. The molecule has 1 N–H and O–H groups in total. The minimum Gasteiger partial charge on any atom is -0.467 e. The van der Waals surface area contributed by atoms with E-state index in [2.05, 4.69) is 10.1 Å². The van der Waals surface area contributed by atoms with Crippen LogP contribution < -0.4 is 11.1 Å². The molecule has 9 nitrogen and oxygen atoms in total. The number of esters is 2. The molecule has 0 bridgehead atoms. The predicted octanol–water partition coefficient (Wildman–Crippen LogP) is 1.23. The summed E-state index contributed by atoms with van der Waals surface area (Å²) in [6.45, 7) is 3.35. The van der Waals surface area contributed by atoms with Crippen LogP contribution >= 0.6 is 0 Å². The molecule has 2 aromatic rings. The summed E-state index contributed by atoms with van der Waals surface area (Å²) in [5.41, 5.74) is 1.01. The Morgan fingerprint density at radius 3 is 2.61 bits per heavy atom. The number of fused-ring (bicyclic) bond motifs is 1. The second-order valence-corrected chi connectivity index (χ2v) is 6.67. The molecule has 1 aromatic carbocycles. The highest BCUT2D eigenvalue weighted by molar-refractivity contribution is 5.86. The average Bonchev–Trinajstić information content (AvgIpc) is 2.98. The Hall–Kier alpha value is -3.10. The second-order valence-electron chi connectivity index (χ2n) is 6.67. The maximum absolute atomic E-state index is 12.0. The van der Waals surface area contributed by atoms with Gasteiger partial charge in [-0.1, -0.05) is 26.0 Å². The SMILES string of the molecule is COC(=O)[C@@H](CC(C)C)NC(=O)COC(=O)CCn1c(=O)oc2ccccc21. The van der Waals surface area contributed by atoms with Gasteiger partial charge in [-0.15, -0.1) is 0 Å². The van der Waals surface area contributed by atoms with Gasteiger partial charge in [0, 0.05) is 6.54 Å². The highest BCUT2D eigenvalue weighted by atomic mass is 16.5. The van der Waals surface area contributed by atoms with Gasteiger partial charge in [-0.25, -0.2) is 9.59 Å². The number of para-hydroxylation sites is 2. The average molecular weight is 392 g/mol. The summed E-state index contributed by atoms with van der Waals surface area (Å²) in [6, 6.07) is 6.06. The number of carbonyl (C=O) groups excluding carboxylic acids is 3. The number of benzene rings is 1. The number of nitrogens with one attached hydrogen (secondary N) is 1. The van der Waals surface area contributed by atoms with Gasteiger partial charge in [0.15, 0.2) is 12.2 Å². The summed E-state index contributed by atoms with van der Waals surface area (Å²) >= 11 is 0. The van der Waals surface area contributed by atoms with Crippen molar-refractivity contribution in [3.05, 3.63) is 34.8 Å². The molecule has 0 saturated carbocycles. The third-order valence-corrected chi connectivity index (χ3v) is 4.01. The van der Waals surface area contributed by atoms with E-state index in [-0.39, 0.29) is 18.9 Å². The fourth-order valence-corrected chi connectivity index (χ4v) is 2.71. The highest BCUT2D eigenvalue weighted by Gasteiger charge is 2.23. The summed E-state index contributed by atoms with van der Waals surface area (Å²) in [4.78, 5) is 47.4. The van der Waals surface area contributed by atoms with E-state index in [9.17, 15) is 19.2 Å². The number of aryl methyl sites for hydroxylation is 1. The molecule has 0 spiro atoms. The molecular formula is C19H24N2O7. The molecule has 9 heteroatoms. The van der Waals surface area contributed by atoms with E-state index in [1.165, 1.54) is 11.7 Å². The lowest BCUT2D eigenvalue weighted by atomic mass is 10.0. The fourth-order valence-electron chi connectivity index (χ4n) is 2.71. The molecule has 0 aliphatic rings. The summed E-state index contributed by atoms with van der Waals surface area (Å²) < 4.78 is 16.0. The molecule has 2 rings (SSSR count).